The van der Waals surface area contributed by atoms with E-state index in [0.29, 0.717) is 0 Å². The Bertz CT molecular complexity index is 633. The number of rotatable bonds is 3. The van der Waals surface area contributed by atoms with Crippen molar-refractivity contribution in [2.24, 2.45) is 0 Å². The van der Waals surface area contributed by atoms with Crippen molar-refractivity contribution in [3.05, 3.63) is 72.8 Å². The van der Waals surface area contributed by atoms with Crippen LogP contribution in [0.25, 0.3) is 21.6 Å². The van der Waals surface area contributed by atoms with Crippen LogP contribution in [-0.4, -0.2) is 6.26 Å². The molecule has 2 heteroatoms. The van der Waals surface area contributed by atoms with Crippen LogP contribution in [0.2, 0.25) is 0 Å². The monoisotopic (exact) mass is 295 g/mol. The lowest BCUT2D eigenvalue weighted by molar-refractivity contribution is 1.59. The number of hydrogen-bond donors (Lipinski definition) is 0. The number of thioether (sulfide) groups is 1. The summed E-state index contributed by atoms with van der Waals surface area (Å²) in [6, 6.07) is 25.7. The molecule has 20 heavy (non-hydrogen) atoms. The van der Waals surface area contributed by atoms with Gasteiger partial charge in [0.2, 0.25) is 16.2 Å². The lowest BCUT2D eigenvalue weighted by Crippen LogP contribution is -1.81. The first kappa shape index (κ1) is 13.3. The molecule has 0 aliphatic carbocycles. The standard InChI is InChI=1S/C18H15S2/c1-19-18-13-16(14-8-4-2-5-9-14)12-17(20-18)15-10-6-3-7-11-15/h2-13H,1H3/q+1. The molecule has 0 saturated carbocycles. The van der Waals surface area contributed by atoms with Crippen molar-refractivity contribution in [3.63, 3.8) is 0 Å². The zero-order valence-corrected chi connectivity index (χ0v) is 12.9. The normalized spacial score (nSPS) is 10.4. The highest BCUT2D eigenvalue weighted by atomic mass is 32.2. The van der Waals surface area contributed by atoms with E-state index in [-0.39, 0.29) is 0 Å². The fourth-order valence-electron chi connectivity index (χ4n) is 2.12. The van der Waals surface area contributed by atoms with Gasteiger partial charge >= 0.3 is 0 Å². The van der Waals surface area contributed by atoms with E-state index in [1.54, 1.807) is 11.8 Å². The lowest BCUT2D eigenvalue weighted by atomic mass is 10.1. The summed E-state index contributed by atoms with van der Waals surface area (Å²) in [5.41, 5.74) is 3.84. The first-order valence-corrected chi connectivity index (χ1v) is 8.54. The van der Waals surface area contributed by atoms with Gasteiger partial charge in [0, 0.05) is 17.7 Å². The van der Waals surface area contributed by atoms with Gasteiger partial charge < -0.3 is 0 Å². The molecule has 0 N–H and O–H groups in total. The highest BCUT2D eigenvalue weighted by molar-refractivity contribution is 8.00. The largest absolute Gasteiger partial charge is 0.265 e. The van der Waals surface area contributed by atoms with Crippen LogP contribution in [0.3, 0.4) is 0 Å². The van der Waals surface area contributed by atoms with Gasteiger partial charge in [-0.05, 0) is 29.5 Å². The molecule has 0 bridgehead atoms. The molecule has 0 saturated heterocycles. The van der Waals surface area contributed by atoms with Crippen LogP contribution in [0.4, 0.5) is 0 Å². The molecule has 1 aromatic heterocycles. The first-order chi connectivity index (χ1) is 9.86. The Morgan fingerprint density at radius 2 is 1.30 bits per heavy atom. The predicted molar refractivity (Wildman–Crippen MR) is 91.4 cm³/mol. The van der Waals surface area contributed by atoms with E-state index in [4.69, 9.17) is 0 Å². The van der Waals surface area contributed by atoms with E-state index < -0.39 is 0 Å². The quantitative estimate of drug-likeness (QED) is 0.416. The summed E-state index contributed by atoms with van der Waals surface area (Å²) in [6.45, 7) is 0. The van der Waals surface area contributed by atoms with Crippen molar-refractivity contribution >= 4 is 23.1 Å². The van der Waals surface area contributed by atoms with Crippen LogP contribution in [0.5, 0.6) is 0 Å². The first-order valence-electron chi connectivity index (χ1n) is 6.50. The molecule has 98 valence electrons. The summed E-state index contributed by atoms with van der Waals surface area (Å²) >= 11 is 3.65. The van der Waals surface area contributed by atoms with Crippen molar-refractivity contribution in [2.45, 2.75) is 4.21 Å². The van der Waals surface area contributed by atoms with E-state index in [2.05, 4.69) is 79.1 Å². The zero-order chi connectivity index (χ0) is 13.8. The van der Waals surface area contributed by atoms with Crippen LogP contribution in [-0.2, 0) is 0 Å². The van der Waals surface area contributed by atoms with E-state index in [9.17, 15) is 0 Å². The maximum Gasteiger partial charge on any atom is 0.265 e. The van der Waals surface area contributed by atoms with Crippen molar-refractivity contribution in [1.29, 1.82) is 0 Å². The van der Waals surface area contributed by atoms with Crippen LogP contribution in [0.15, 0.2) is 77.0 Å². The summed E-state index contributed by atoms with van der Waals surface area (Å²) in [6.07, 6.45) is 2.13. The Hall–Kier alpha value is -1.64. The van der Waals surface area contributed by atoms with Gasteiger partial charge in [0.15, 0.2) is 0 Å². The van der Waals surface area contributed by atoms with Gasteiger partial charge in [-0.15, -0.1) is 0 Å². The molecular formula is C18H15S2+. The Balaban J connectivity index is 2.13. The van der Waals surface area contributed by atoms with Crippen LogP contribution in [0, 0.1) is 0 Å². The van der Waals surface area contributed by atoms with E-state index in [1.807, 2.05) is 11.3 Å². The second-order valence-electron chi connectivity index (χ2n) is 4.47. The molecule has 3 rings (SSSR count). The molecule has 1 heterocycles. The Morgan fingerprint density at radius 1 is 0.700 bits per heavy atom. The molecule has 0 aliphatic rings. The highest BCUT2D eigenvalue weighted by Crippen LogP contribution is 2.35. The fourth-order valence-corrected chi connectivity index (χ4v) is 3.81. The second-order valence-corrected chi connectivity index (χ2v) is 6.66. The summed E-state index contributed by atoms with van der Waals surface area (Å²) < 4.78 is 1.34. The molecule has 0 fully saturated rings. The van der Waals surface area contributed by atoms with Crippen molar-refractivity contribution in [1.82, 2.24) is 0 Å². The Kier molecular flexibility index (Phi) is 4.14. The van der Waals surface area contributed by atoms with E-state index in [1.165, 1.54) is 25.8 Å². The van der Waals surface area contributed by atoms with Crippen LogP contribution < -0.4 is 0 Å². The fraction of sp³-hybridized carbons (Fsp3) is 0.0556. The Morgan fingerprint density at radius 3 is 1.90 bits per heavy atom. The number of hydrogen-bond acceptors (Lipinski definition) is 1. The summed E-state index contributed by atoms with van der Waals surface area (Å²) in [5, 5.41) is 0. The minimum Gasteiger partial charge on any atom is -0.0680 e. The van der Waals surface area contributed by atoms with Crippen molar-refractivity contribution < 1.29 is 0 Å². The lowest BCUT2D eigenvalue weighted by Gasteiger charge is -2.01. The van der Waals surface area contributed by atoms with E-state index in [0.717, 1.165) is 0 Å². The average Bonchev–Trinajstić information content (AvgIpc) is 2.56. The number of benzene rings is 2. The van der Waals surface area contributed by atoms with Crippen LogP contribution in [0.1, 0.15) is 0 Å². The second kappa shape index (κ2) is 6.21. The summed E-state index contributed by atoms with van der Waals surface area (Å²) in [5.74, 6) is 0. The molecule has 0 unspecified atom stereocenters. The molecule has 0 radical (unpaired) electrons. The minimum absolute atomic E-state index is 1.27. The Labute approximate surface area is 128 Å². The molecule has 0 spiro atoms. The third-order valence-electron chi connectivity index (χ3n) is 3.14. The molecule has 0 amide bonds. The van der Waals surface area contributed by atoms with Crippen molar-refractivity contribution in [2.75, 3.05) is 6.26 Å². The van der Waals surface area contributed by atoms with Gasteiger partial charge in [0.1, 0.15) is 0 Å². The third kappa shape index (κ3) is 2.92. The minimum atomic E-state index is 1.27. The van der Waals surface area contributed by atoms with Gasteiger partial charge in [0.25, 0.3) is 4.21 Å². The maximum absolute atomic E-state index is 2.29. The molecule has 3 aromatic rings. The van der Waals surface area contributed by atoms with Gasteiger partial charge in [-0.3, -0.25) is 0 Å². The van der Waals surface area contributed by atoms with Crippen LogP contribution >= 0.6 is 23.1 Å². The highest BCUT2D eigenvalue weighted by Gasteiger charge is 2.16. The SMILES string of the molecule is CSc1cc(-c2ccccc2)cc(-c2ccccc2)[s+]1. The molecule has 0 nitrogen and oxygen atoms in total. The molecule has 0 aliphatic heterocycles. The predicted octanol–water partition coefficient (Wildman–Crippen LogP) is 6.09. The van der Waals surface area contributed by atoms with Gasteiger partial charge in [0.05, 0.1) is 0 Å². The molecule has 0 atom stereocenters. The molecular weight excluding hydrogens is 280 g/mol. The third-order valence-corrected chi connectivity index (χ3v) is 5.30. The summed E-state index contributed by atoms with van der Waals surface area (Å²) in [7, 11) is 0. The van der Waals surface area contributed by atoms with E-state index >= 15 is 0 Å². The van der Waals surface area contributed by atoms with Gasteiger partial charge in [-0.1, -0.05) is 60.3 Å². The molecule has 2 aromatic carbocycles. The van der Waals surface area contributed by atoms with Gasteiger partial charge in [-0.25, -0.2) is 0 Å². The van der Waals surface area contributed by atoms with Crippen molar-refractivity contribution in [3.8, 4) is 21.6 Å². The topological polar surface area (TPSA) is 0 Å². The zero-order valence-electron chi connectivity index (χ0n) is 11.2. The smallest absolute Gasteiger partial charge is 0.0680 e. The van der Waals surface area contributed by atoms with Gasteiger partial charge in [-0.2, -0.15) is 0 Å². The maximum atomic E-state index is 2.29. The summed E-state index contributed by atoms with van der Waals surface area (Å²) in [4.78, 5) is 1.32. The average molecular weight is 295 g/mol.